The van der Waals surface area contributed by atoms with Gasteiger partial charge in [0.25, 0.3) is 5.91 Å². The minimum absolute atomic E-state index is 0.250. The van der Waals surface area contributed by atoms with Crippen molar-refractivity contribution in [3.8, 4) is 11.1 Å². The topological polar surface area (TPSA) is 118 Å². The van der Waals surface area contributed by atoms with Gasteiger partial charge < -0.3 is 5.73 Å². The fourth-order valence-corrected chi connectivity index (χ4v) is 2.46. The van der Waals surface area contributed by atoms with Crippen molar-refractivity contribution in [2.24, 2.45) is 11.7 Å². The van der Waals surface area contributed by atoms with Gasteiger partial charge in [-0.05, 0) is 29.2 Å². The molecule has 0 atom stereocenters. The number of hydroxylamine groups is 1. The predicted octanol–water partition coefficient (Wildman–Crippen LogP) is 3.25. The summed E-state index contributed by atoms with van der Waals surface area (Å²) < 4.78 is 0. The number of nitrogens with one attached hydrogen (secondary N) is 1. The number of nitrogens with zero attached hydrogens (tertiary/aromatic N) is 2. The van der Waals surface area contributed by atoms with Gasteiger partial charge in [0.05, 0.1) is 5.56 Å². The molecule has 0 bridgehead atoms. The van der Waals surface area contributed by atoms with E-state index in [0.29, 0.717) is 17.3 Å². The largest absolute Gasteiger partial charge is 0.366 e. The predicted molar refractivity (Wildman–Crippen MR) is 110 cm³/mol. The van der Waals surface area contributed by atoms with E-state index in [1.165, 1.54) is 17.9 Å². The lowest BCUT2D eigenvalue weighted by molar-refractivity contribution is 0.0705. The van der Waals surface area contributed by atoms with Crippen molar-refractivity contribution in [2.45, 2.75) is 20.3 Å². The first-order valence-electron chi connectivity index (χ1n) is 9.11. The highest BCUT2D eigenvalue weighted by molar-refractivity contribution is 5.93. The molecule has 0 fully saturated rings. The Morgan fingerprint density at radius 3 is 1.97 bits per heavy atom. The van der Waals surface area contributed by atoms with Crippen LogP contribution in [0.15, 0.2) is 67.0 Å². The SMILES string of the molecule is CC(C)Cc1ncc(C(=O)NO)cn1.NC(=O)c1ccc(-c2ccccc2)cc1. The molecule has 3 rings (SSSR count). The quantitative estimate of drug-likeness (QED) is 0.455. The van der Waals surface area contributed by atoms with Crippen LogP contribution in [0.2, 0.25) is 0 Å². The Morgan fingerprint density at radius 1 is 0.931 bits per heavy atom. The van der Waals surface area contributed by atoms with E-state index in [2.05, 4.69) is 23.8 Å². The summed E-state index contributed by atoms with van der Waals surface area (Å²) in [5.41, 5.74) is 9.69. The van der Waals surface area contributed by atoms with Gasteiger partial charge in [0.15, 0.2) is 0 Å². The van der Waals surface area contributed by atoms with E-state index < -0.39 is 11.8 Å². The molecule has 2 amide bonds. The highest BCUT2D eigenvalue weighted by Gasteiger charge is 2.06. The van der Waals surface area contributed by atoms with E-state index in [9.17, 15) is 9.59 Å². The Bertz CT molecular complexity index is 925. The third kappa shape index (κ3) is 6.82. The number of hydrogen-bond acceptors (Lipinski definition) is 5. The Morgan fingerprint density at radius 2 is 1.48 bits per heavy atom. The van der Waals surface area contributed by atoms with Gasteiger partial charge in [-0.15, -0.1) is 0 Å². The maximum atomic E-state index is 10.9. The lowest BCUT2D eigenvalue weighted by Crippen LogP contribution is -2.19. The van der Waals surface area contributed by atoms with Gasteiger partial charge in [-0.3, -0.25) is 14.8 Å². The summed E-state index contributed by atoms with van der Waals surface area (Å²) in [5, 5.41) is 8.35. The highest BCUT2D eigenvalue weighted by atomic mass is 16.5. The van der Waals surface area contributed by atoms with E-state index in [-0.39, 0.29) is 5.56 Å². The first-order chi connectivity index (χ1) is 13.9. The van der Waals surface area contributed by atoms with Crippen LogP contribution in [0.4, 0.5) is 0 Å². The maximum Gasteiger partial charge on any atom is 0.277 e. The molecule has 29 heavy (non-hydrogen) atoms. The minimum atomic E-state index is -0.596. The number of primary amides is 1. The Kier molecular flexibility index (Phi) is 8.00. The van der Waals surface area contributed by atoms with Gasteiger partial charge >= 0.3 is 0 Å². The van der Waals surface area contributed by atoms with Crippen LogP contribution in [-0.4, -0.2) is 27.0 Å². The molecule has 3 aromatic rings. The second kappa shape index (κ2) is 10.7. The molecule has 0 aliphatic heterocycles. The Balaban J connectivity index is 0.000000208. The zero-order valence-corrected chi connectivity index (χ0v) is 16.4. The zero-order chi connectivity index (χ0) is 21.2. The van der Waals surface area contributed by atoms with Gasteiger partial charge in [-0.2, -0.15) is 0 Å². The number of hydrogen-bond donors (Lipinski definition) is 3. The molecule has 1 aromatic heterocycles. The summed E-state index contributed by atoms with van der Waals surface area (Å²) in [5.74, 6) is 0.192. The summed E-state index contributed by atoms with van der Waals surface area (Å²) in [4.78, 5) is 29.8. The molecule has 0 radical (unpaired) electrons. The van der Waals surface area contributed by atoms with Gasteiger partial charge in [0.1, 0.15) is 5.82 Å². The number of carbonyl (C=O) groups excluding carboxylic acids is 2. The molecule has 0 aliphatic carbocycles. The van der Waals surface area contributed by atoms with Crippen LogP contribution in [0.1, 0.15) is 40.4 Å². The third-order valence-corrected chi connectivity index (χ3v) is 3.94. The van der Waals surface area contributed by atoms with Crippen molar-refractivity contribution in [1.29, 1.82) is 0 Å². The Hall–Kier alpha value is -3.58. The molecule has 7 heteroatoms. The van der Waals surface area contributed by atoms with Gasteiger partial charge in [0.2, 0.25) is 5.91 Å². The molecule has 0 saturated carbocycles. The average Bonchev–Trinajstić information content (AvgIpc) is 2.74. The summed E-state index contributed by atoms with van der Waals surface area (Å²) in [7, 11) is 0. The summed E-state index contributed by atoms with van der Waals surface area (Å²) in [6.07, 6.45) is 3.58. The van der Waals surface area contributed by atoms with Crippen molar-refractivity contribution in [3.63, 3.8) is 0 Å². The molecule has 0 saturated heterocycles. The van der Waals surface area contributed by atoms with E-state index in [1.807, 2.05) is 42.5 Å². The Labute approximate surface area is 169 Å². The van der Waals surface area contributed by atoms with Crippen LogP contribution in [0, 0.1) is 5.92 Å². The highest BCUT2D eigenvalue weighted by Crippen LogP contribution is 2.18. The molecule has 0 aliphatic rings. The van der Waals surface area contributed by atoms with Crippen molar-refractivity contribution in [3.05, 3.63) is 83.9 Å². The van der Waals surface area contributed by atoms with Crippen LogP contribution < -0.4 is 11.2 Å². The number of aromatic nitrogens is 2. The molecule has 2 aromatic carbocycles. The number of nitrogens with two attached hydrogens (primary N) is 1. The minimum Gasteiger partial charge on any atom is -0.366 e. The fourth-order valence-electron chi connectivity index (χ4n) is 2.46. The summed E-state index contributed by atoms with van der Waals surface area (Å²) in [6.45, 7) is 4.13. The second-order valence-electron chi connectivity index (χ2n) is 6.73. The van der Waals surface area contributed by atoms with E-state index in [1.54, 1.807) is 12.1 Å². The molecule has 0 spiro atoms. The monoisotopic (exact) mass is 392 g/mol. The summed E-state index contributed by atoms with van der Waals surface area (Å²) >= 11 is 0. The molecular formula is C22H24N4O3. The maximum absolute atomic E-state index is 10.9. The first-order valence-corrected chi connectivity index (χ1v) is 9.11. The van der Waals surface area contributed by atoms with E-state index >= 15 is 0 Å². The number of benzene rings is 2. The molecular weight excluding hydrogens is 368 g/mol. The third-order valence-electron chi connectivity index (χ3n) is 3.94. The van der Waals surface area contributed by atoms with Crippen molar-refractivity contribution < 1.29 is 14.8 Å². The standard InChI is InChI=1S/C13H11NO.C9H13N3O2/c14-13(15)12-8-6-11(7-9-12)10-4-2-1-3-5-10;1-6(2)3-8-10-4-7(5-11-8)9(13)12-14/h1-9H,(H2,14,15);4-6,14H,3H2,1-2H3,(H,12,13). The summed E-state index contributed by atoms with van der Waals surface area (Å²) in [6, 6.07) is 17.3. The molecule has 150 valence electrons. The van der Waals surface area contributed by atoms with Gasteiger partial charge in [0, 0.05) is 24.4 Å². The van der Waals surface area contributed by atoms with E-state index in [4.69, 9.17) is 10.9 Å². The van der Waals surface area contributed by atoms with Crippen LogP contribution in [0.3, 0.4) is 0 Å². The van der Waals surface area contributed by atoms with Gasteiger partial charge in [-0.25, -0.2) is 15.4 Å². The lowest BCUT2D eigenvalue weighted by atomic mass is 10.0. The van der Waals surface area contributed by atoms with Crippen molar-refractivity contribution >= 4 is 11.8 Å². The molecule has 1 heterocycles. The smallest absolute Gasteiger partial charge is 0.277 e. The normalized spacial score (nSPS) is 10.1. The molecule has 4 N–H and O–H groups in total. The number of amides is 2. The van der Waals surface area contributed by atoms with Crippen LogP contribution in [-0.2, 0) is 6.42 Å². The average molecular weight is 392 g/mol. The zero-order valence-electron chi connectivity index (χ0n) is 16.4. The van der Waals surface area contributed by atoms with Crippen LogP contribution >= 0.6 is 0 Å². The lowest BCUT2D eigenvalue weighted by Gasteiger charge is -2.03. The van der Waals surface area contributed by atoms with E-state index in [0.717, 1.165) is 17.5 Å². The van der Waals surface area contributed by atoms with Crippen LogP contribution in [0.5, 0.6) is 0 Å². The number of carbonyl (C=O) groups is 2. The first kappa shape index (κ1) is 21.7. The van der Waals surface area contributed by atoms with Crippen molar-refractivity contribution in [1.82, 2.24) is 15.4 Å². The second-order valence-corrected chi connectivity index (χ2v) is 6.73. The van der Waals surface area contributed by atoms with Crippen LogP contribution in [0.25, 0.3) is 11.1 Å². The fraction of sp³-hybridized carbons (Fsp3) is 0.182. The number of rotatable bonds is 5. The molecule has 0 unspecified atom stereocenters. The van der Waals surface area contributed by atoms with Gasteiger partial charge in [-0.1, -0.05) is 56.3 Å². The van der Waals surface area contributed by atoms with Crippen molar-refractivity contribution in [2.75, 3.05) is 0 Å². The molecule has 7 nitrogen and oxygen atoms in total.